The lowest BCUT2D eigenvalue weighted by Gasteiger charge is -2.32. The van der Waals surface area contributed by atoms with Crippen LogP contribution in [-0.2, 0) is 12.8 Å². The molecule has 2 atom stereocenters. The van der Waals surface area contributed by atoms with Crippen LogP contribution in [0, 0.1) is 0 Å². The van der Waals surface area contributed by atoms with Crippen LogP contribution in [0.3, 0.4) is 0 Å². The van der Waals surface area contributed by atoms with Crippen molar-refractivity contribution in [3.8, 4) is 0 Å². The number of hydrogen-bond donors (Lipinski definition) is 1. The Balaban J connectivity index is 2.38. The molecule has 1 aromatic rings. The second kappa shape index (κ2) is 6.56. The molecule has 1 aliphatic rings. The second-order valence-electron chi connectivity index (χ2n) is 5.94. The zero-order chi connectivity index (χ0) is 13.8. The Labute approximate surface area is 118 Å². The lowest BCUT2D eigenvalue weighted by Crippen LogP contribution is -2.27. The van der Waals surface area contributed by atoms with Gasteiger partial charge in [0.2, 0.25) is 0 Å². The summed E-state index contributed by atoms with van der Waals surface area (Å²) in [5.74, 6) is 0.728. The van der Waals surface area contributed by atoms with Crippen LogP contribution in [0.1, 0.15) is 81.2 Å². The van der Waals surface area contributed by atoms with Crippen molar-refractivity contribution >= 4 is 0 Å². The number of aryl methyl sites for hydroxylation is 2. The molecule has 0 aliphatic heterocycles. The van der Waals surface area contributed by atoms with Gasteiger partial charge in [-0.2, -0.15) is 0 Å². The largest absolute Gasteiger partial charge is 0.310 e. The summed E-state index contributed by atoms with van der Waals surface area (Å²) in [5.41, 5.74) is 6.30. The number of hydrogen-bond acceptors (Lipinski definition) is 1. The van der Waals surface area contributed by atoms with Gasteiger partial charge in [-0.15, -0.1) is 0 Å². The lowest BCUT2D eigenvalue weighted by atomic mass is 9.78. The van der Waals surface area contributed by atoms with Crippen LogP contribution >= 0.6 is 0 Å². The van der Waals surface area contributed by atoms with Gasteiger partial charge in [-0.3, -0.25) is 0 Å². The minimum atomic E-state index is 0.586. The molecule has 0 radical (unpaired) electrons. The van der Waals surface area contributed by atoms with E-state index in [0.29, 0.717) is 6.04 Å². The first kappa shape index (κ1) is 14.6. The monoisotopic (exact) mass is 259 g/mol. The Morgan fingerprint density at radius 2 is 1.63 bits per heavy atom. The molecule has 1 nitrogen and oxygen atoms in total. The van der Waals surface area contributed by atoms with Crippen LogP contribution < -0.4 is 5.32 Å². The summed E-state index contributed by atoms with van der Waals surface area (Å²) < 4.78 is 0. The molecule has 1 N–H and O–H groups in total. The van der Waals surface area contributed by atoms with Gasteiger partial charge < -0.3 is 5.32 Å². The molecule has 2 rings (SSSR count). The fraction of sp³-hybridized carbons (Fsp3) is 0.667. The molecule has 1 aromatic carbocycles. The fourth-order valence-electron chi connectivity index (χ4n) is 3.37. The summed E-state index contributed by atoms with van der Waals surface area (Å²) in [6.07, 6.45) is 6.16. The van der Waals surface area contributed by atoms with Crippen molar-refractivity contribution in [2.24, 2.45) is 0 Å². The molecule has 19 heavy (non-hydrogen) atoms. The Hall–Kier alpha value is -0.820. The molecular formula is C18H29N. The van der Waals surface area contributed by atoms with Crippen molar-refractivity contribution in [1.29, 1.82) is 0 Å². The van der Waals surface area contributed by atoms with Crippen molar-refractivity contribution < 1.29 is 0 Å². The van der Waals surface area contributed by atoms with Crippen LogP contribution in [-0.4, -0.2) is 6.54 Å². The average molecular weight is 259 g/mol. The summed E-state index contributed by atoms with van der Waals surface area (Å²) in [4.78, 5) is 0. The smallest absolute Gasteiger partial charge is 0.0323 e. The molecule has 0 saturated heterocycles. The topological polar surface area (TPSA) is 12.0 Å². The summed E-state index contributed by atoms with van der Waals surface area (Å²) in [5, 5.41) is 3.74. The minimum absolute atomic E-state index is 0.586. The van der Waals surface area contributed by atoms with Crippen molar-refractivity contribution in [3.05, 3.63) is 34.4 Å². The predicted octanol–water partition coefficient (Wildman–Crippen LogP) is 4.75. The maximum atomic E-state index is 3.74. The first-order chi connectivity index (χ1) is 9.21. The van der Waals surface area contributed by atoms with Gasteiger partial charge in [0.25, 0.3) is 0 Å². The summed E-state index contributed by atoms with van der Waals surface area (Å²) in [7, 11) is 0. The molecule has 0 heterocycles. The van der Waals surface area contributed by atoms with Crippen LogP contribution in [0.15, 0.2) is 12.1 Å². The number of fused-ring (bicyclic) bond motifs is 1. The highest BCUT2D eigenvalue weighted by Gasteiger charge is 2.25. The third-order valence-electron chi connectivity index (χ3n) is 4.60. The molecular weight excluding hydrogens is 230 g/mol. The molecule has 0 saturated carbocycles. The van der Waals surface area contributed by atoms with Crippen LogP contribution in [0.2, 0.25) is 0 Å². The average Bonchev–Trinajstić information content (AvgIpc) is 2.45. The van der Waals surface area contributed by atoms with Crippen molar-refractivity contribution in [3.63, 3.8) is 0 Å². The Bertz CT molecular complexity index is 422. The van der Waals surface area contributed by atoms with Crippen molar-refractivity contribution in [2.75, 3.05) is 6.54 Å². The molecule has 0 aromatic heterocycles. The van der Waals surface area contributed by atoms with Gasteiger partial charge in [0, 0.05) is 6.04 Å². The van der Waals surface area contributed by atoms with E-state index < -0.39 is 0 Å². The van der Waals surface area contributed by atoms with Gasteiger partial charge in [0.15, 0.2) is 0 Å². The Morgan fingerprint density at radius 3 is 2.21 bits per heavy atom. The van der Waals surface area contributed by atoms with Gasteiger partial charge >= 0.3 is 0 Å². The molecule has 2 unspecified atom stereocenters. The molecule has 1 aliphatic carbocycles. The van der Waals surface area contributed by atoms with Crippen LogP contribution in [0.4, 0.5) is 0 Å². The van der Waals surface area contributed by atoms with Crippen molar-refractivity contribution in [1.82, 2.24) is 5.32 Å². The Morgan fingerprint density at radius 1 is 1.00 bits per heavy atom. The first-order valence-electron chi connectivity index (χ1n) is 8.10. The van der Waals surface area contributed by atoms with E-state index in [1.807, 2.05) is 0 Å². The van der Waals surface area contributed by atoms with E-state index in [2.05, 4.69) is 45.1 Å². The summed E-state index contributed by atoms with van der Waals surface area (Å²) >= 11 is 0. The fourth-order valence-corrected chi connectivity index (χ4v) is 3.37. The maximum Gasteiger partial charge on any atom is 0.0323 e. The third-order valence-corrected chi connectivity index (χ3v) is 4.60. The molecule has 0 spiro atoms. The van der Waals surface area contributed by atoms with Gasteiger partial charge in [-0.1, -0.05) is 39.8 Å². The summed E-state index contributed by atoms with van der Waals surface area (Å²) in [6.45, 7) is 10.3. The lowest BCUT2D eigenvalue weighted by molar-refractivity contribution is 0.432. The standard InChI is InChI=1S/C18H29N/c1-5-10-19-18-9-8-13(4)16-11-14(6-2)15(7-3)12-17(16)18/h11-13,18-19H,5-10H2,1-4H3. The van der Waals surface area contributed by atoms with E-state index in [4.69, 9.17) is 0 Å². The van der Waals surface area contributed by atoms with Gasteiger partial charge in [-0.25, -0.2) is 0 Å². The van der Waals surface area contributed by atoms with E-state index in [0.717, 1.165) is 25.3 Å². The molecule has 0 fully saturated rings. The summed E-state index contributed by atoms with van der Waals surface area (Å²) in [6, 6.07) is 5.58. The highest BCUT2D eigenvalue weighted by Crippen LogP contribution is 2.39. The third kappa shape index (κ3) is 3.02. The molecule has 106 valence electrons. The van der Waals surface area contributed by atoms with E-state index in [9.17, 15) is 0 Å². The highest BCUT2D eigenvalue weighted by atomic mass is 14.9. The van der Waals surface area contributed by atoms with E-state index >= 15 is 0 Å². The zero-order valence-corrected chi connectivity index (χ0v) is 13.1. The zero-order valence-electron chi connectivity index (χ0n) is 13.1. The number of rotatable bonds is 5. The molecule has 1 heteroatoms. The number of benzene rings is 1. The van der Waals surface area contributed by atoms with E-state index in [-0.39, 0.29) is 0 Å². The van der Waals surface area contributed by atoms with Crippen LogP contribution in [0.25, 0.3) is 0 Å². The second-order valence-corrected chi connectivity index (χ2v) is 5.94. The van der Waals surface area contributed by atoms with Crippen molar-refractivity contribution in [2.45, 2.75) is 71.8 Å². The quantitative estimate of drug-likeness (QED) is 0.804. The minimum Gasteiger partial charge on any atom is -0.310 e. The van der Waals surface area contributed by atoms with Gasteiger partial charge in [-0.05, 0) is 66.8 Å². The normalized spacial score (nSPS) is 22.3. The SMILES string of the molecule is CCCNC1CCC(C)c2cc(CC)c(CC)cc21. The number of nitrogens with one attached hydrogen (secondary N) is 1. The van der Waals surface area contributed by atoms with Crippen LogP contribution in [0.5, 0.6) is 0 Å². The van der Waals surface area contributed by atoms with Gasteiger partial charge in [0.05, 0.1) is 0 Å². The first-order valence-corrected chi connectivity index (χ1v) is 8.10. The maximum absolute atomic E-state index is 3.74. The molecule has 0 bridgehead atoms. The predicted molar refractivity (Wildman–Crippen MR) is 83.9 cm³/mol. The highest BCUT2D eigenvalue weighted by molar-refractivity contribution is 5.43. The van der Waals surface area contributed by atoms with E-state index in [1.54, 1.807) is 22.3 Å². The molecule has 0 amide bonds. The Kier molecular flexibility index (Phi) is 5.04. The van der Waals surface area contributed by atoms with E-state index in [1.165, 1.54) is 19.3 Å². The van der Waals surface area contributed by atoms with Gasteiger partial charge in [0.1, 0.15) is 0 Å².